The van der Waals surface area contributed by atoms with Gasteiger partial charge in [-0.15, -0.1) is 0 Å². The van der Waals surface area contributed by atoms with Crippen LogP contribution in [-0.4, -0.2) is 88.1 Å². The number of benzene rings is 1. The molecule has 3 amide bonds. The highest BCUT2D eigenvalue weighted by Gasteiger charge is 2.75. The van der Waals surface area contributed by atoms with E-state index in [-0.39, 0.29) is 24.3 Å². The fourth-order valence-corrected chi connectivity index (χ4v) is 6.54. The Morgan fingerprint density at radius 3 is 2.44 bits per heavy atom. The van der Waals surface area contributed by atoms with Gasteiger partial charge in [0.05, 0.1) is 30.1 Å². The van der Waals surface area contributed by atoms with Crippen LogP contribution in [0.25, 0.3) is 0 Å². The molecule has 0 radical (unpaired) electrons. The Morgan fingerprint density at radius 1 is 1.03 bits per heavy atom. The van der Waals surface area contributed by atoms with Crippen LogP contribution < -0.4 is 0 Å². The highest BCUT2D eigenvalue weighted by Crippen LogP contribution is 2.58. The molecule has 2 saturated heterocycles. The molecule has 4 aliphatic heterocycles. The highest BCUT2D eigenvalue weighted by atomic mass is 16.5. The van der Waals surface area contributed by atoms with E-state index in [0.29, 0.717) is 19.6 Å². The summed E-state index contributed by atoms with van der Waals surface area (Å²) in [5.41, 5.74) is -1.61. The number of rotatable bonds is 6. The molecule has 4 heterocycles. The fraction of sp³-hybridized carbons (Fsp3) is 0.536. The second-order valence-corrected chi connectivity index (χ2v) is 10.5. The second-order valence-electron chi connectivity index (χ2n) is 10.5. The molecule has 1 spiro atoms. The summed E-state index contributed by atoms with van der Waals surface area (Å²) >= 11 is 0. The Morgan fingerprint density at radius 2 is 1.75 bits per heavy atom. The van der Waals surface area contributed by atoms with Gasteiger partial charge in [-0.05, 0) is 18.9 Å². The summed E-state index contributed by atoms with van der Waals surface area (Å²) in [5, 5.41) is 10.5. The number of unbranched alkanes of at least 4 members (excludes halogenated alkanes) is 1. The van der Waals surface area contributed by atoms with Gasteiger partial charge in [-0.1, -0.05) is 68.0 Å². The molecule has 1 aromatic rings. The molecule has 8 nitrogen and oxygen atoms in total. The average Bonchev–Trinajstić information content (AvgIpc) is 3.15. The van der Waals surface area contributed by atoms with Crippen LogP contribution in [0.1, 0.15) is 38.3 Å². The summed E-state index contributed by atoms with van der Waals surface area (Å²) in [6.07, 6.45) is 9.29. The average molecular weight is 494 g/mol. The van der Waals surface area contributed by atoms with E-state index in [9.17, 15) is 19.5 Å². The molecule has 2 fully saturated rings. The van der Waals surface area contributed by atoms with Crippen molar-refractivity contribution in [2.24, 2.45) is 11.8 Å². The van der Waals surface area contributed by atoms with Crippen molar-refractivity contribution in [3.05, 3.63) is 60.2 Å². The zero-order chi connectivity index (χ0) is 25.7. The van der Waals surface area contributed by atoms with Gasteiger partial charge in [-0.3, -0.25) is 14.4 Å². The van der Waals surface area contributed by atoms with Crippen LogP contribution in [-0.2, 0) is 19.1 Å². The van der Waals surface area contributed by atoms with Gasteiger partial charge >= 0.3 is 0 Å². The first-order valence-corrected chi connectivity index (χ1v) is 12.9. The predicted octanol–water partition coefficient (Wildman–Crippen LogP) is 1.92. The first-order chi connectivity index (χ1) is 17.3. The number of hydrogen-bond donors (Lipinski definition) is 1. The maximum absolute atomic E-state index is 14.4. The van der Waals surface area contributed by atoms with Gasteiger partial charge in [-0.2, -0.15) is 0 Å². The van der Waals surface area contributed by atoms with Crippen LogP contribution in [0.3, 0.4) is 0 Å². The van der Waals surface area contributed by atoms with E-state index in [1.165, 1.54) is 4.90 Å². The Hall–Kier alpha value is -2.97. The van der Waals surface area contributed by atoms with Gasteiger partial charge < -0.3 is 24.5 Å². The molecular weight excluding hydrogens is 458 g/mol. The Bertz CT molecular complexity index is 1100. The lowest BCUT2D eigenvalue weighted by atomic mass is 9.74. The zero-order valence-electron chi connectivity index (χ0n) is 21.2. The Labute approximate surface area is 212 Å². The molecule has 192 valence electrons. The van der Waals surface area contributed by atoms with Gasteiger partial charge in [0.15, 0.2) is 0 Å². The number of aliphatic hydroxyl groups excluding tert-OH is 1. The number of ether oxygens (including phenoxy) is 1. The predicted molar refractivity (Wildman–Crippen MR) is 134 cm³/mol. The number of amides is 3. The topological polar surface area (TPSA) is 90.4 Å². The third-order valence-corrected chi connectivity index (χ3v) is 8.25. The van der Waals surface area contributed by atoms with Crippen molar-refractivity contribution in [3.8, 4) is 0 Å². The molecule has 5 rings (SSSR count). The van der Waals surface area contributed by atoms with Crippen LogP contribution in [0.2, 0.25) is 0 Å². The van der Waals surface area contributed by atoms with Gasteiger partial charge in [-0.25, -0.2) is 0 Å². The molecule has 0 saturated carbocycles. The Balaban J connectivity index is 1.68. The van der Waals surface area contributed by atoms with Gasteiger partial charge in [0.1, 0.15) is 11.6 Å². The first kappa shape index (κ1) is 24.7. The van der Waals surface area contributed by atoms with Gasteiger partial charge in [0.2, 0.25) is 17.7 Å². The number of nitrogens with zero attached hydrogens (tertiary/aromatic N) is 3. The van der Waals surface area contributed by atoms with Crippen molar-refractivity contribution in [1.29, 1.82) is 0 Å². The maximum atomic E-state index is 14.4. The van der Waals surface area contributed by atoms with E-state index in [1.807, 2.05) is 61.6 Å². The number of likely N-dealkylation sites (tertiary alicyclic amines) is 1. The molecule has 36 heavy (non-hydrogen) atoms. The van der Waals surface area contributed by atoms with Gasteiger partial charge in [0.25, 0.3) is 0 Å². The molecule has 0 bridgehead atoms. The minimum Gasteiger partial charge on any atom is -0.394 e. The summed E-state index contributed by atoms with van der Waals surface area (Å²) in [4.78, 5) is 47.2. The van der Waals surface area contributed by atoms with Crippen LogP contribution in [0.5, 0.6) is 0 Å². The second kappa shape index (κ2) is 9.16. The van der Waals surface area contributed by atoms with Gasteiger partial charge in [0, 0.05) is 26.7 Å². The maximum Gasteiger partial charge on any atom is 0.249 e. The first-order valence-electron chi connectivity index (χ1n) is 12.9. The van der Waals surface area contributed by atoms with E-state index in [1.54, 1.807) is 16.8 Å². The van der Waals surface area contributed by atoms with Crippen molar-refractivity contribution >= 4 is 17.7 Å². The van der Waals surface area contributed by atoms with Crippen LogP contribution >= 0.6 is 0 Å². The molecule has 8 heteroatoms. The number of carbonyl (C=O) groups excluding carboxylic acids is 3. The van der Waals surface area contributed by atoms with Crippen molar-refractivity contribution in [2.45, 2.75) is 50.0 Å². The minimum absolute atomic E-state index is 0.175. The SMILES string of the molecule is CCCCN1CC=C[C@]23O[C@]4(C)C=CCN(C)C(=O)[C@@H]4[C@H]2C(=O)N([C@H](CO)c2ccccc2)C3C1=O. The van der Waals surface area contributed by atoms with Crippen molar-refractivity contribution in [2.75, 3.05) is 33.3 Å². The number of carbonyl (C=O) groups is 3. The summed E-state index contributed by atoms with van der Waals surface area (Å²) in [7, 11) is 1.72. The molecular formula is C28H35N3O5. The number of hydrogen-bond acceptors (Lipinski definition) is 5. The quantitative estimate of drug-likeness (QED) is 0.612. The third-order valence-electron chi connectivity index (χ3n) is 8.25. The molecule has 4 aliphatic rings. The lowest BCUT2D eigenvalue weighted by molar-refractivity contribution is -0.155. The van der Waals surface area contributed by atoms with Crippen LogP contribution in [0, 0.1) is 11.8 Å². The summed E-state index contributed by atoms with van der Waals surface area (Å²) in [6, 6.07) is 7.53. The largest absolute Gasteiger partial charge is 0.394 e. The third kappa shape index (κ3) is 3.53. The standard InChI is InChI=1S/C28H35N3O5/c1-4-5-16-30-17-10-14-28-22(21-24(33)29(3)15-9-13-27(21,2)36-28)25(34)31(23(28)26(30)35)20(18-32)19-11-7-6-8-12-19/h6-14,20-23,32H,4-5,15-18H2,1-3H3/t20-,21+,22+,23?,27-,28+/m1/s1. The normalized spacial score (nSPS) is 34.4. The van der Waals surface area contributed by atoms with Crippen LogP contribution in [0.15, 0.2) is 54.6 Å². The number of fused-ring (bicyclic) bond motifs is 2. The monoisotopic (exact) mass is 493 g/mol. The van der Waals surface area contributed by atoms with Crippen LogP contribution in [0.4, 0.5) is 0 Å². The lowest BCUT2D eigenvalue weighted by Gasteiger charge is -2.40. The molecule has 0 aromatic heterocycles. The molecule has 1 N–H and O–H groups in total. The van der Waals surface area contributed by atoms with E-state index in [0.717, 1.165) is 18.4 Å². The van der Waals surface area contributed by atoms with E-state index in [2.05, 4.69) is 6.92 Å². The molecule has 1 unspecified atom stereocenters. The number of likely N-dealkylation sites (N-methyl/N-ethyl adjacent to an activating group) is 1. The summed E-state index contributed by atoms with van der Waals surface area (Å²) in [6.45, 7) is 4.97. The highest BCUT2D eigenvalue weighted by molar-refractivity contribution is 6.00. The number of aliphatic hydroxyl groups is 1. The summed E-state index contributed by atoms with van der Waals surface area (Å²) in [5.74, 6) is -2.37. The summed E-state index contributed by atoms with van der Waals surface area (Å²) < 4.78 is 6.79. The van der Waals surface area contributed by atoms with Crippen molar-refractivity contribution < 1.29 is 24.2 Å². The smallest absolute Gasteiger partial charge is 0.249 e. The molecule has 1 aromatic carbocycles. The van der Waals surface area contributed by atoms with E-state index in [4.69, 9.17) is 4.74 Å². The lowest BCUT2D eigenvalue weighted by Crippen LogP contribution is -2.57. The Kier molecular flexibility index (Phi) is 6.29. The van der Waals surface area contributed by atoms with Crippen molar-refractivity contribution in [3.63, 3.8) is 0 Å². The molecule has 0 aliphatic carbocycles. The minimum atomic E-state index is -1.31. The van der Waals surface area contributed by atoms with Crippen molar-refractivity contribution in [1.82, 2.24) is 14.7 Å². The fourth-order valence-electron chi connectivity index (χ4n) is 6.54. The molecule has 6 atom stereocenters. The van der Waals surface area contributed by atoms with E-state index >= 15 is 0 Å². The zero-order valence-corrected chi connectivity index (χ0v) is 21.2. The van der Waals surface area contributed by atoms with E-state index < -0.39 is 35.1 Å².